The largest absolute Gasteiger partial charge is 0.396 e. The number of nitrogens with two attached hydrogens (primary N) is 1. The third-order valence-electron chi connectivity index (χ3n) is 5.28. The minimum atomic E-state index is 0.198. The Morgan fingerprint density at radius 1 is 1.28 bits per heavy atom. The molecule has 1 aliphatic carbocycles. The van der Waals surface area contributed by atoms with Crippen LogP contribution in [0.3, 0.4) is 0 Å². The fourth-order valence-corrected chi connectivity index (χ4v) is 3.76. The summed E-state index contributed by atoms with van der Waals surface area (Å²) < 4.78 is 0. The molecule has 1 fully saturated rings. The molecule has 0 amide bonds. The predicted octanol–water partition coefficient (Wildman–Crippen LogP) is 3.72. The highest BCUT2D eigenvalue weighted by Gasteiger charge is 2.39. The van der Waals surface area contributed by atoms with Crippen molar-refractivity contribution in [1.29, 1.82) is 0 Å². The van der Waals surface area contributed by atoms with E-state index < -0.39 is 0 Å². The molecular formula is C16H33NO. The van der Waals surface area contributed by atoms with Crippen LogP contribution in [0.5, 0.6) is 0 Å². The molecule has 0 saturated heterocycles. The Morgan fingerprint density at radius 2 is 1.94 bits per heavy atom. The first-order chi connectivity index (χ1) is 8.35. The van der Waals surface area contributed by atoms with Crippen molar-refractivity contribution in [1.82, 2.24) is 0 Å². The van der Waals surface area contributed by atoms with E-state index in [-0.39, 0.29) is 18.1 Å². The van der Waals surface area contributed by atoms with Crippen molar-refractivity contribution >= 4 is 0 Å². The van der Waals surface area contributed by atoms with Crippen molar-refractivity contribution in [2.24, 2.45) is 22.5 Å². The van der Waals surface area contributed by atoms with E-state index in [9.17, 15) is 5.11 Å². The first-order valence-electron chi connectivity index (χ1n) is 7.72. The second-order valence-electron chi connectivity index (χ2n) is 7.34. The average Bonchev–Trinajstić information content (AvgIpc) is 2.51. The van der Waals surface area contributed by atoms with Crippen LogP contribution in [0, 0.1) is 16.7 Å². The van der Waals surface area contributed by atoms with Crippen molar-refractivity contribution in [3.8, 4) is 0 Å². The van der Waals surface area contributed by atoms with Crippen LogP contribution in [0.15, 0.2) is 0 Å². The van der Waals surface area contributed by atoms with Gasteiger partial charge in [-0.3, -0.25) is 0 Å². The Hall–Kier alpha value is -0.0800. The summed E-state index contributed by atoms with van der Waals surface area (Å²) in [6, 6.07) is 0.253. The van der Waals surface area contributed by atoms with Gasteiger partial charge >= 0.3 is 0 Å². The smallest absolute Gasteiger partial charge is 0.0436 e. The maximum Gasteiger partial charge on any atom is 0.0436 e. The fourth-order valence-electron chi connectivity index (χ4n) is 3.76. The van der Waals surface area contributed by atoms with E-state index in [1.54, 1.807) is 0 Å². The lowest BCUT2D eigenvalue weighted by molar-refractivity contribution is 0.118. The van der Waals surface area contributed by atoms with Gasteiger partial charge in [0.1, 0.15) is 0 Å². The van der Waals surface area contributed by atoms with Gasteiger partial charge in [-0.05, 0) is 55.3 Å². The Balaban J connectivity index is 2.77. The highest BCUT2D eigenvalue weighted by Crippen LogP contribution is 2.46. The van der Waals surface area contributed by atoms with Crippen molar-refractivity contribution < 1.29 is 5.11 Å². The topological polar surface area (TPSA) is 46.2 Å². The van der Waals surface area contributed by atoms with Gasteiger partial charge in [-0.25, -0.2) is 0 Å². The van der Waals surface area contributed by atoms with E-state index >= 15 is 0 Å². The van der Waals surface area contributed by atoms with Crippen molar-refractivity contribution in [3.63, 3.8) is 0 Å². The van der Waals surface area contributed by atoms with Gasteiger partial charge in [-0.1, -0.05) is 34.1 Å². The van der Waals surface area contributed by atoms with Gasteiger partial charge in [-0.15, -0.1) is 0 Å². The van der Waals surface area contributed by atoms with E-state index in [0.29, 0.717) is 5.41 Å². The molecule has 0 radical (unpaired) electrons. The van der Waals surface area contributed by atoms with Crippen LogP contribution in [-0.2, 0) is 0 Å². The van der Waals surface area contributed by atoms with E-state index in [1.807, 2.05) is 0 Å². The van der Waals surface area contributed by atoms with Crippen LogP contribution in [0.2, 0.25) is 0 Å². The van der Waals surface area contributed by atoms with Crippen molar-refractivity contribution in [3.05, 3.63) is 0 Å². The van der Waals surface area contributed by atoms with Gasteiger partial charge in [0, 0.05) is 12.6 Å². The number of hydrogen-bond acceptors (Lipinski definition) is 2. The van der Waals surface area contributed by atoms with E-state index in [0.717, 1.165) is 18.8 Å². The molecule has 0 aromatic rings. The summed E-state index contributed by atoms with van der Waals surface area (Å²) in [5.74, 6) is 0.808. The lowest BCUT2D eigenvalue weighted by Gasteiger charge is -2.38. The minimum Gasteiger partial charge on any atom is -0.396 e. The summed E-state index contributed by atoms with van der Waals surface area (Å²) in [5.41, 5.74) is 6.99. The van der Waals surface area contributed by atoms with Gasteiger partial charge in [-0.2, -0.15) is 0 Å². The van der Waals surface area contributed by atoms with Gasteiger partial charge in [0.05, 0.1) is 0 Å². The predicted molar refractivity (Wildman–Crippen MR) is 78.4 cm³/mol. The Bertz CT molecular complexity index is 246. The molecule has 0 aromatic carbocycles. The minimum absolute atomic E-state index is 0.198. The summed E-state index contributed by atoms with van der Waals surface area (Å²) >= 11 is 0. The summed E-state index contributed by atoms with van der Waals surface area (Å²) in [5, 5.41) is 9.39. The highest BCUT2D eigenvalue weighted by atomic mass is 16.3. The summed E-state index contributed by atoms with van der Waals surface area (Å²) in [6.45, 7) is 9.53. The molecule has 0 spiro atoms. The summed E-state index contributed by atoms with van der Waals surface area (Å²) in [4.78, 5) is 0. The number of rotatable bonds is 4. The molecule has 0 heterocycles. The molecule has 2 nitrogen and oxygen atoms in total. The first-order valence-corrected chi connectivity index (χ1v) is 7.72. The van der Waals surface area contributed by atoms with E-state index in [4.69, 9.17) is 5.73 Å². The zero-order valence-corrected chi connectivity index (χ0v) is 12.8. The van der Waals surface area contributed by atoms with Crippen LogP contribution in [0.1, 0.15) is 72.6 Å². The average molecular weight is 255 g/mol. The maximum absolute atomic E-state index is 9.39. The van der Waals surface area contributed by atoms with Crippen LogP contribution in [-0.4, -0.2) is 17.8 Å². The molecule has 0 aliphatic heterocycles. The third kappa shape index (κ3) is 3.71. The lowest BCUT2D eigenvalue weighted by atomic mass is 9.70. The number of aliphatic hydroxyl groups is 1. The Kier molecular flexibility index (Phi) is 5.67. The Labute approximate surface area is 113 Å². The van der Waals surface area contributed by atoms with E-state index in [2.05, 4.69) is 27.7 Å². The second-order valence-corrected chi connectivity index (χ2v) is 7.34. The van der Waals surface area contributed by atoms with Crippen molar-refractivity contribution in [2.75, 3.05) is 6.61 Å². The van der Waals surface area contributed by atoms with Gasteiger partial charge in [0.2, 0.25) is 0 Å². The summed E-state index contributed by atoms with van der Waals surface area (Å²) in [7, 11) is 0. The monoisotopic (exact) mass is 255 g/mol. The van der Waals surface area contributed by atoms with E-state index in [1.165, 1.54) is 32.1 Å². The molecule has 1 saturated carbocycles. The van der Waals surface area contributed by atoms with Crippen LogP contribution in [0.25, 0.3) is 0 Å². The summed E-state index contributed by atoms with van der Waals surface area (Å²) in [6.07, 6.45) is 8.19. The van der Waals surface area contributed by atoms with Gasteiger partial charge in [0.15, 0.2) is 0 Å². The molecule has 1 aliphatic rings. The highest BCUT2D eigenvalue weighted by molar-refractivity contribution is 4.92. The first kappa shape index (κ1) is 16.0. The standard InChI is InChI=1S/C16H33NO/c1-5-14(17)16(11-12-18)9-6-7-13(8-10-16)15(2,3)4/h13-14,18H,5-12,17H2,1-4H3. The van der Waals surface area contributed by atoms with Crippen molar-refractivity contribution in [2.45, 2.75) is 78.7 Å². The maximum atomic E-state index is 9.39. The number of hydrogen-bond donors (Lipinski definition) is 2. The SMILES string of the molecule is CCC(N)C1(CCO)CCCC(C(C)(C)C)CC1. The van der Waals surface area contributed by atoms with Crippen LogP contribution in [0.4, 0.5) is 0 Å². The molecule has 18 heavy (non-hydrogen) atoms. The van der Waals surface area contributed by atoms with Crippen LogP contribution < -0.4 is 5.73 Å². The molecule has 108 valence electrons. The Morgan fingerprint density at radius 3 is 2.44 bits per heavy atom. The molecule has 3 N–H and O–H groups in total. The molecule has 0 aromatic heterocycles. The molecular weight excluding hydrogens is 222 g/mol. The zero-order valence-electron chi connectivity index (χ0n) is 12.8. The molecule has 2 heteroatoms. The lowest BCUT2D eigenvalue weighted by Crippen LogP contribution is -2.42. The second kappa shape index (κ2) is 6.38. The van der Waals surface area contributed by atoms with Gasteiger partial charge < -0.3 is 10.8 Å². The zero-order chi connectivity index (χ0) is 13.8. The van der Waals surface area contributed by atoms with Gasteiger partial charge in [0.25, 0.3) is 0 Å². The number of aliphatic hydroxyl groups excluding tert-OH is 1. The molecule has 0 bridgehead atoms. The van der Waals surface area contributed by atoms with Crippen LogP contribution >= 0.6 is 0 Å². The molecule has 3 atom stereocenters. The fraction of sp³-hybridized carbons (Fsp3) is 1.00. The third-order valence-corrected chi connectivity index (χ3v) is 5.28. The molecule has 1 rings (SSSR count). The normalized spacial score (nSPS) is 32.0. The quantitative estimate of drug-likeness (QED) is 0.752. The molecule has 3 unspecified atom stereocenters.